The highest BCUT2D eigenvalue weighted by Gasteiger charge is 2.46. The van der Waals surface area contributed by atoms with Crippen molar-refractivity contribution in [3.8, 4) is 5.75 Å². The third-order valence-electron chi connectivity index (χ3n) is 5.52. The monoisotopic (exact) mass is 432 g/mol. The minimum Gasteiger partial charge on any atom is -0.507 e. The number of pyridine rings is 1. The molecule has 1 aliphatic heterocycles. The van der Waals surface area contributed by atoms with Crippen LogP contribution >= 0.6 is 0 Å². The Morgan fingerprint density at radius 2 is 1.78 bits per heavy atom. The van der Waals surface area contributed by atoms with E-state index in [-0.39, 0.29) is 17.7 Å². The van der Waals surface area contributed by atoms with Gasteiger partial charge in [-0.15, -0.1) is 0 Å². The van der Waals surface area contributed by atoms with Gasteiger partial charge in [-0.05, 0) is 53.9 Å². The molecule has 162 valence electrons. The molecule has 32 heavy (non-hydrogen) atoms. The second kappa shape index (κ2) is 8.63. The summed E-state index contributed by atoms with van der Waals surface area (Å²) in [6.07, 6.45) is 3.20. The first-order chi connectivity index (χ1) is 15.4. The quantitative estimate of drug-likeness (QED) is 0.372. The Balaban J connectivity index is 1.86. The lowest BCUT2D eigenvalue weighted by Gasteiger charge is -2.25. The van der Waals surface area contributed by atoms with E-state index in [1.54, 1.807) is 55.7 Å². The molecular formula is C25H21FN2O4. The topological polar surface area (TPSA) is 79.7 Å². The number of ketones is 1. The summed E-state index contributed by atoms with van der Waals surface area (Å²) < 4.78 is 19.4. The van der Waals surface area contributed by atoms with Crippen LogP contribution < -0.4 is 4.74 Å². The van der Waals surface area contributed by atoms with Crippen molar-refractivity contribution in [2.75, 3.05) is 7.11 Å². The maximum absolute atomic E-state index is 14.2. The molecule has 1 fully saturated rings. The summed E-state index contributed by atoms with van der Waals surface area (Å²) in [7, 11) is 1.54. The van der Waals surface area contributed by atoms with E-state index in [1.807, 2.05) is 0 Å². The number of carbonyl (C=O) groups excluding carboxylic acids is 2. The minimum atomic E-state index is -0.849. The molecular weight excluding hydrogens is 411 g/mol. The van der Waals surface area contributed by atoms with E-state index < -0.39 is 29.3 Å². The summed E-state index contributed by atoms with van der Waals surface area (Å²) in [5.41, 5.74) is 1.85. The average molecular weight is 432 g/mol. The molecule has 0 saturated carbocycles. The molecule has 3 aromatic rings. The Labute approximate surface area is 184 Å². The van der Waals surface area contributed by atoms with Gasteiger partial charge in [0.2, 0.25) is 0 Å². The molecule has 2 aromatic carbocycles. The molecule has 1 atom stereocenters. The molecule has 2 heterocycles. The molecule has 1 saturated heterocycles. The van der Waals surface area contributed by atoms with Crippen LogP contribution in [0.1, 0.15) is 28.3 Å². The molecule has 0 aliphatic carbocycles. The molecule has 1 amide bonds. The van der Waals surface area contributed by atoms with Gasteiger partial charge >= 0.3 is 0 Å². The van der Waals surface area contributed by atoms with Crippen LogP contribution in [0.3, 0.4) is 0 Å². The Morgan fingerprint density at radius 3 is 2.41 bits per heavy atom. The molecule has 4 rings (SSSR count). The molecule has 0 unspecified atom stereocenters. The lowest BCUT2D eigenvalue weighted by Crippen LogP contribution is -2.29. The molecule has 1 aliphatic rings. The number of ether oxygens (including phenoxy) is 1. The summed E-state index contributed by atoms with van der Waals surface area (Å²) in [5.74, 6) is -1.88. The first-order valence-corrected chi connectivity index (χ1v) is 9.98. The van der Waals surface area contributed by atoms with Crippen LogP contribution in [0.5, 0.6) is 5.75 Å². The molecule has 1 N–H and O–H groups in total. The number of aliphatic hydroxyl groups is 1. The Kier molecular flexibility index (Phi) is 5.73. The van der Waals surface area contributed by atoms with Crippen molar-refractivity contribution in [2.45, 2.75) is 19.5 Å². The van der Waals surface area contributed by atoms with Gasteiger partial charge in [-0.2, -0.15) is 0 Å². The molecule has 0 spiro atoms. The number of nitrogens with zero attached hydrogens (tertiary/aromatic N) is 2. The number of aryl methyl sites for hydroxylation is 1. The zero-order chi connectivity index (χ0) is 22.8. The number of aliphatic hydroxyl groups excluding tert-OH is 1. The van der Waals surface area contributed by atoms with E-state index in [9.17, 15) is 19.1 Å². The fourth-order valence-electron chi connectivity index (χ4n) is 3.76. The Hall–Kier alpha value is -4.00. The number of hydrogen-bond acceptors (Lipinski definition) is 5. The van der Waals surface area contributed by atoms with Crippen LogP contribution in [0.2, 0.25) is 0 Å². The summed E-state index contributed by atoms with van der Waals surface area (Å²) in [4.78, 5) is 31.4. The third kappa shape index (κ3) is 3.85. The van der Waals surface area contributed by atoms with Crippen LogP contribution in [0.4, 0.5) is 4.39 Å². The van der Waals surface area contributed by atoms with Crippen LogP contribution in [0.25, 0.3) is 5.76 Å². The Bertz CT molecular complexity index is 1210. The van der Waals surface area contributed by atoms with Gasteiger partial charge in [0.15, 0.2) is 0 Å². The fourth-order valence-corrected chi connectivity index (χ4v) is 3.76. The number of amides is 1. The van der Waals surface area contributed by atoms with Crippen LogP contribution in [-0.2, 0) is 16.1 Å². The normalized spacial score (nSPS) is 17.6. The van der Waals surface area contributed by atoms with Gasteiger partial charge in [-0.25, -0.2) is 4.39 Å². The smallest absolute Gasteiger partial charge is 0.295 e. The minimum absolute atomic E-state index is 0.0857. The fraction of sp³-hybridized carbons (Fsp3) is 0.160. The summed E-state index contributed by atoms with van der Waals surface area (Å²) in [6.45, 7) is 1.74. The Morgan fingerprint density at radius 1 is 1.09 bits per heavy atom. The number of methoxy groups -OCH3 is 1. The van der Waals surface area contributed by atoms with Gasteiger partial charge in [0.25, 0.3) is 11.7 Å². The maximum Gasteiger partial charge on any atom is 0.295 e. The summed E-state index contributed by atoms with van der Waals surface area (Å²) in [6, 6.07) is 13.7. The van der Waals surface area contributed by atoms with E-state index in [0.717, 1.165) is 11.6 Å². The average Bonchev–Trinajstić information content (AvgIpc) is 3.06. The lowest BCUT2D eigenvalue weighted by molar-refractivity contribution is -0.140. The lowest BCUT2D eigenvalue weighted by atomic mass is 9.94. The van der Waals surface area contributed by atoms with Gasteiger partial charge in [0, 0.05) is 24.5 Å². The van der Waals surface area contributed by atoms with Gasteiger partial charge in [0.05, 0.1) is 18.7 Å². The van der Waals surface area contributed by atoms with Gasteiger partial charge in [0.1, 0.15) is 17.3 Å². The first-order valence-electron chi connectivity index (χ1n) is 9.98. The second-order valence-electron chi connectivity index (χ2n) is 7.52. The van der Waals surface area contributed by atoms with Gasteiger partial charge in [-0.3, -0.25) is 14.6 Å². The molecule has 6 nitrogen and oxygen atoms in total. The predicted molar refractivity (Wildman–Crippen MR) is 116 cm³/mol. The summed E-state index contributed by atoms with van der Waals surface area (Å²) >= 11 is 0. The van der Waals surface area contributed by atoms with Crippen molar-refractivity contribution < 1.29 is 23.8 Å². The van der Waals surface area contributed by atoms with Crippen LogP contribution in [0.15, 0.2) is 72.6 Å². The first kappa shape index (κ1) is 21.2. The number of benzene rings is 2. The summed E-state index contributed by atoms with van der Waals surface area (Å²) in [5, 5.41) is 11.0. The SMILES string of the molecule is COc1ccc([C@@H]2C(=C(O)c3ccc(C)c(F)c3)C(=O)C(=O)N2Cc2ccncc2)cc1. The molecule has 7 heteroatoms. The number of hydrogen-bond donors (Lipinski definition) is 1. The molecule has 0 bridgehead atoms. The van der Waals surface area contributed by atoms with Crippen molar-refractivity contribution in [1.29, 1.82) is 0 Å². The molecule has 0 radical (unpaired) electrons. The highest BCUT2D eigenvalue weighted by molar-refractivity contribution is 6.46. The van der Waals surface area contributed by atoms with Gasteiger partial charge in [-0.1, -0.05) is 24.3 Å². The zero-order valence-electron chi connectivity index (χ0n) is 17.6. The van der Waals surface area contributed by atoms with E-state index in [1.165, 1.54) is 24.1 Å². The maximum atomic E-state index is 14.2. The zero-order valence-corrected chi connectivity index (χ0v) is 17.6. The van der Waals surface area contributed by atoms with E-state index in [2.05, 4.69) is 4.98 Å². The van der Waals surface area contributed by atoms with Crippen molar-refractivity contribution in [1.82, 2.24) is 9.88 Å². The van der Waals surface area contributed by atoms with Crippen molar-refractivity contribution in [3.63, 3.8) is 0 Å². The number of carbonyl (C=O) groups is 2. The van der Waals surface area contributed by atoms with E-state index >= 15 is 0 Å². The largest absolute Gasteiger partial charge is 0.507 e. The number of likely N-dealkylation sites (tertiary alicyclic amines) is 1. The number of Topliss-reactive ketones (excluding diaryl/α,β-unsaturated/α-hetero) is 1. The number of halogens is 1. The van der Waals surface area contributed by atoms with Crippen LogP contribution in [0, 0.1) is 12.7 Å². The predicted octanol–water partition coefficient (Wildman–Crippen LogP) is 4.16. The van der Waals surface area contributed by atoms with E-state index in [0.29, 0.717) is 16.9 Å². The van der Waals surface area contributed by atoms with E-state index in [4.69, 9.17) is 4.74 Å². The highest BCUT2D eigenvalue weighted by Crippen LogP contribution is 2.40. The van der Waals surface area contributed by atoms with Crippen molar-refractivity contribution >= 4 is 17.4 Å². The van der Waals surface area contributed by atoms with Crippen molar-refractivity contribution in [2.24, 2.45) is 0 Å². The number of aromatic nitrogens is 1. The third-order valence-corrected chi connectivity index (χ3v) is 5.52. The van der Waals surface area contributed by atoms with Crippen molar-refractivity contribution in [3.05, 3.63) is 101 Å². The second-order valence-corrected chi connectivity index (χ2v) is 7.52. The number of rotatable bonds is 5. The van der Waals surface area contributed by atoms with Crippen LogP contribution in [-0.4, -0.2) is 33.8 Å². The van der Waals surface area contributed by atoms with Gasteiger partial charge < -0.3 is 14.7 Å². The molecule has 1 aromatic heterocycles. The highest BCUT2D eigenvalue weighted by atomic mass is 19.1. The standard InChI is InChI=1S/C25H21FN2O4/c1-15-3-4-18(13-20(15)26)23(29)21-22(17-5-7-19(32-2)8-6-17)28(25(31)24(21)30)14-16-9-11-27-12-10-16/h3-13,22,29H,14H2,1-2H3/t22-/m1/s1.